The van der Waals surface area contributed by atoms with Gasteiger partial charge < -0.3 is 9.88 Å². The second-order valence-electron chi connectivity index (χ2n) is 7.59. The van der Waals surface area contributed by atoms with E-state index in [4.69, 9.17) is 0 Å². The molecule has 0 atom stereocenters. The Bertz CT molecular complexity index is 1040. The number of aryl methyl sites for hydroxylation is 1. The van der Waals surface area contributed by atoms with Crippen LogP contribution >= 0.6 is 11.8 Å². The van der Waals surface area contributed by atoms with E-state index in [2.05, 4.69) is 24.8 Å². The SMILES string of the molecule is CSc1nnc(CCCNC(=O)CCNS(=O)(=O)c2ccc(F)c(F)c2)n1C1CCCC1. The lowest BCUT2D eigenvalue weighted by Crippen LogP contribution is -2.31. The van der Waals surface area contributed by atoms with Gasteiger partial charge in [0, 0.05) is 32.0 Å². The first-order valence-electron chi connectivity index (χ1n) is 10.5. The predicted octanol–water partition coefficient (Wildman–Crippen LogP) is 2.81. The average molecular weight is 488 g/mol. The van der Waals surface area contributed by atoms with Gasteiger partial charge in [-0.3, -0.25) is 4.79 Å². The van der Waals surface area contributed by atoms with E-state index in [0.717, 1.165) is 36.0 Å². The fourth-order valence-corrected chi connectivity index (χ4v) is 5.35. The van der Waals surface area contributed by atoms with E-state index in [1.54, 1.807) is 11.8 Å². The van der Waals surface area contributed by atoms with Crippen LogP contribution in [0.3, 0.4) is 0 Å². The van der Waals surface area contributed by atoms with Gasteiger partial charge in [-0.2, -0.15) is 0 Å². The van der Waals surface area contributed by atoms with Crippen LogP contribution in [0.15, 0.2) is 28.3 Å². The van der Waals surface area contributed by atoms with Gasteiger partial charge in [-0.25, -0.2) is 21.9 Å². The Balaban J connectivity index is 1.40. The Labute approximate surface area is 190 Å². The molecule has 8 nitrogen and oxygen atoms in total. The van der Waals surface area contributed by atoms with Crippen molar-refractivity contribution in [2.75, 3.05) is 19.3 Å². The first kappa shape index (κ1) is 24.6. The number of carbonyl (C=O) groups excluding carboxylic acids is 1. The maximum atomic E-state index is 13.2. The second-order valence-corrected chi connectivity index (χ2v) is 10.1. The third-order valence-corrected chi connectivity index (χ3v) is 7.45. The number of nitrogens with one attached hydrogen (secondary N) is 2. The summed E-state index contributed by atoms with van der Waals surface area (Å²) >= 11 is 1.58. The quantitative estimate of drug-likeness (QED) is 0.373. The Morgan fingerprint density at radius 1 is 1.19 bits per heavy atom. The molecule has 0 aliphatic heterocycles. The molecule has 1 aliphatic rings. The van der Waals surface area contributed by atoms with Gasteiger partial charge >= 0.3 is 0 Å². The maximum absolute atomic E-state index is 13.2. The third-order valence-electron chi connectivity index (χ3n) is 5.35. The third kappa shape index (κ3) is 6.26. The lowest BCUT2D eigenvalue weighted by atomic mass is 10.2. The molecule has 176 valence electrons. The van der Waals surface area contributed by atoms with Crippen LogP contribution in [-0.2, 0) is 21.2 Å². The van der Waals surface area contributed by atoms with Gasteiger partial charge in [0.2, 0.25) is 15.9 Å². The first-order chi connectivity index (χ1) is 15.3. The van der Waals surface area contributed by atoms with Crippen molar-refractivity contribution in [3.05, 3.63) is 35.7 Å². The zero-order valence-electron chi connectivity index (χ0n) is 17.8. The predicted molar refractivity (Wildman–Crippen MR) is 117 cm³/mol. The second kappa shape index (κ2) is 11.2. The van der Waals surface area contributed by atoms with Crippen molar-refractivity contribution in [1.29, 1.82) is 0 Å². The van der Waals surface area contributed by atoms with Crippen LogP contribution in [0.1, 0.15) is 50.4 Å². The molecule has 3 rings (SSSR count). The van der Waals surface area contributed by atoms with Crippen LogP contribution in [0.4, 0.5) is 8.78 Å². The minimum absolute atomic E-state index is 0.0716. The van der Waals surface area contributed by atoms with E-state index in [0.29, 0.717) is 31.5 Å². The number of rotatable bonds is 11. The van der Waals surface area contributed by atoms with Crippen LogP contribution in [0, 0.1) is 11.6 Å². The molecule has 0 saturated heterocycles. The standard InChI is InChI=1S/C20H27F2N5O3S2/c1-31-20-26-25-18(27(20)14-5-2-3-6-14)7-4-11-23-19(28)10-12-24-32(29,30)15-8-9-16(21)17(22)13-15/h8-9,13-14,24H,2-7,10-12H2,1H3,(H,23,28). The highest BCUT2D eigenvalue weighted by Crippen LogP contribution is 2.33. The number of hydrogen-bond acceptors (Lipinski definition) is 6. The van der Waals surface area contributed by atoms with Gasteiger partial charge in [0.05, 0.1) is 4.90 Å². The number of benzene rings is 1. The molecule has 12 heteroatoms. The summed E-state index contributed by atoms with van der Waals surface area (Å²) in [7, 11) is -4.03. The fourth-order valence-electron chi connectivity index (χ4n) is 3.74. The maximum Gasteiger partial charge on any atom is 0.240 e. The zero-order valence-corrected chi connectivity index (χ0v) is 19.4. The molecule has 32 heavy (non-hydrogen) atoms. The summed E-state index contributed by atoms with van der Waals surface area (Å²) in [6.07, 6.45) is 7.99. The number of nitrogens with zero attached hydrogens (tertiary/aromatic N) is 3. The molecule has 0 radical (unpaired) electrons. The number of amides is 1. The number of aromatic nitrogens is 3. The van der Waals surface area contributed by atoms with Crippen molar-refractivity contribution in [3.8, 4) is 0 Å². The Morgan fingerprint density at radius 2 is 1.94 bits per heavy atom. The highest BCUT2D eigenvalue weighted by atomic mass is 32.2. The first-order valence-corrected chi connectivity index (χ1v) is 13.2. The highest BCUT2D eigenvalue weighted by molar-refractivity contribution is 7.98. The number of halogens is 2. The van der Waals surface area contributed by atoms with E-state index < -0.39 is 26.6 Å². The van der Waals surface area contributed by atoms with Gasteiger partial charge in [-0.15, -0.1) is 10.2 Å². The van der Waals surface area contributed by atoms with Crippen molar-refractivity contribution in [2.45, 2.75) is 61.0 Å². The van der Waals surface area contributed by atoms with Gasteiger partial charge in [-0.1, -0.05) is 24.6 Å². The van der Waals surface area contributed by atoms with Crippen molar-refractivity contribution in [3.63, 3.8) is 0 Å². The highest BCUT2D eigenvalue weighted by Gasteiger charge is 2.23. The van der Waals surface area contributed by atoms with Gasteiger partial charge in [0.15, 0.2) is 16.8 Å². The van der Waals surface area contributed by atoms with E-state index in [1.165, 1.54) is 12.8 Å². The monoisotopic (exact) mass is 487 g/mol. The molecule has 1 aliphatic carbocycles. The van der Waals surface area contributed by atoms with E-state index in [1.807, 2.05) is 6.26 Å². The van der Waals surface area contributed by atoms with Crippen molar-refractivity contribution in [1.82, 2.24) is 24.8 Å². The summed E-state index contributed by atoms with van der Waals surface area (Å²) in [6.45, 7) is 0.279. The minimum atomic E-state index is -4.03. The Morgan fingerprint density at radius 3 is 2.62 bits per heavy atom. The fraction of sp³-hybridized carbons (Fsp3) is 0.550. The van der Waals surface area contributed by atoms with Gasteiger partial charge in [0.1, 0.15) is 5.82 Å². The largest absolute Gasteiger partial charge is 0.356 e. The average Bonchev–Trinajstić information content (AvgIpc) is 3.42. The summed E-state index contributed by atoms with van der Waals surface area (Å²) in [6, 6.07) is 2.75. The number of hydrogen-bond donors (Lipinski definition) is 2. The van der Waals surface area contributed by atoms with Crippen molar-refractivity contribution in [2.24, 2.45) is 0 Å². The number of carbonyl (C=O) groups is 1. The lowest BCUT2D eigenvalue weighted by Gasteiger charge is -2.16. The van der Waals surface area contributed by atoms with Crippen LogP contribution in [-0.4, -0.2) is 48.4 Å². The zero-order chi connectivity index (χ0) is 23.1. The molecule has 1 aromatic heterocycles. The molecule has 2 N–H and O–H groups in total. The molecule has 0 bridgehead atoms. The molecular weight excluding hydrogens is 460 g/mol. The smallest absolute Gasteiger partial charge is 0.240 e. The summed E-state index contributed by atoms with van der Waals surface area (Å²) < 4.78 is 54.9. The van der Waals surface area contributed by atoms with E-state index in [-0.39, 0.29) is 18.9 Å². The number of thioether (sulfide) groups is 1. The lowest BCUT2D eigenvalue weighted by molar-refractivity contribution is -0.120. The van der Waals surface area contributed by atoms with Crippen LogP contribution in [0.5, 0.6) is 0 Å². The summed E-state index contributed by atoms with van der Waals surface area (Å²) in [4.78, 5) is 11.6. The number of sulfonamides is 1. The molecule has 1 fully saturated rings. The van der Waals surface area contributed by atoms with Gasteiger partial charge in [0.25, 0.3) is 0 Å². The molecule has 1 saturated carbocycles. The van der Waals surface area contributed by atoms with Crippen LogP contribution in [0.2, 0.25) is 0 Å². The molecule has 1 aromatic carbocycles. The summed E-state index contributed by atoms with van der Waals surface area (Å²) in [5.41, 5.74) is 0. The molecule has 0 spiro atoms. The molecule has 1 heterocycles. The van der Waals surface area contributed by atoms with E-state index >= 15 is 0 Å². The Hall–Kier alpha value is -2.05. The van der Waals surface area contributed by atoms with Crippen LogP contribution in [0.25, 0.3) is 0 Å². The molecule has 0 unspecified atom stereocenters. The van der Waals surface area contributed by atoms with Gasteiger partial charge in [-0.05, 0) is 43.7 Å². The van der Waals surface area contributed by atoms with E-state index in [9.17, 15) is 22.0 Å². The van der Waals surface area contributed by atoms with Crippen molar-refractivity contribution < 1.29 is 22.0 Å². The molecular formula is C20H27F2N5O3S2. The molecule has 1 amide bonds. The summed E-state index contributed by atoms with van der Waals surface area (Å²) in [5, 5.41) is 12.3. The molecule has 2 aromatic rings. The minimum Gasteiger partial charge on any atom is -0.356 e. The van der Waals surface area contributed by atoms with Crippen LogP contribution < -0.4 is 10.0 Å². The normalized spacial score (nSPS) is 14.7. The Kier molecular flexibility index (Phi) is 8.60. The summed E-state index contributed by atoms with van der Waals surface area (Å²) in [5.74, 6) is -1.76. The van der Waals surface area contributed by atoms with Crippen molar-refractivity contribution >= 4 is 27.7 Å². The topological polar surface area (TPSA) is 106 Å².